The maximum Gasteiger partial charge on any atom is 0.238 e. The van der Waals surface area contributed by atoms with Crippen LogP contribution >= 0.6 is 0 Å². The van der Waals surface area contributed by atoms with Crippen LogP contribution in [0, 0.1) is 30.6 Å². The van der Waals surface area contributed by atoms with Crippen LogP contribution < -0.4 is 10.0 Å². The van der Waals surface area contributed by atoms with E-state index in [1.165, 1.54) is 12.1 Å². The molecule has 1 aliphatic heterocycles. The van der Waals surface area contributed by atoms with E-state index in [9.17, 15) is 18.0 Å². The van der Waals surface area contributed by atoms with Gasteiger partial charge < -0.3 is 0 Å². The molecule has 23 heavy (non-hydrogen) atoms. The lowest BCUT2D eigenvalue weighted by molar-refractivity contribution is -0.123. The number of hydrogen-bond acceptors (Lipinski definition) is 4. The highest BCUT2D eigenvalue weighted by Gasteiger charge is 2.59. The van der Waals surface area contributed by atoms with E-state index in [1.807, 2.05) is 12.2 Å². The number of carbonyl (C=O) groups excluding carboxylic acids is 2. The van der Waals surface area contributed by atoms with E-state index in [2.05, 4.69) is 0 Å². The lowest BCUT2D eigenvalue weighted by atomic mass is 9.85. The van der Waals surface area contributed by atoms with Gasteiger partial charge in [-0.05, 0) is 42.9 Å². The standard InChI is InChI=1S/C16H16N2O4S/c1-8-2-5-11(23(17,21)22)7-12(8)18-15(19)13-9-3-4-10(6-9)14(13)16(18)20/h2-5,7,9-10,13-14H,6H2,1H3,(H2,17,21,22)/t9-,10+,13-,14-/m0/s1. The first-order valence-corrected chi connectivity index (χ1v) is 9.03. The third-order valence-electron chi connectivity index (χ3n) is 5.22. The van der Waals surface area contributed by atoms with Gasteiger partial charge in [0.25, 0.3) is 0 Å². The van der Waals surface area contributed by atoms with E-state index in [1.54, 1.807) is 13.0 Å². The van der Waals surface area contributed by atoms with Crippen LogP contribution in [0.2, 0.25) is 0 Å². The predicted molar refractivity (Wildman–Crippen MR) is 82.8 cm³/mol. The van der Waals surface area contributed by atoms with Crippen molar-refractivity contribution in [3.05, 3.63) is 35.9 Å². The zero-order valence-corrected chi connectivity index (χ0v) is 13.3. The SMILES string of the molecule is Cc1ccc(S(N)(=O)=O)cc1N1C(=O)[C@@H]2[C@@H](C1=O)[C@H]1C=C[C@@H]2C1. The minimum Gasteiger partial charge on any atom is -0.274 e. The molecule has 2 fully saturated rings. The van der Waals surface area contributed by atoms with Gasteiger partial charge in [0.1, 0.15) is 0 Å². The van der Waals surface area contributed by atoms with Crippen LogP contribution in [0.5, 0.6) is 0 Å². The first-order chi connectivity index (χ1) is 10.8. The van der Waals surface area contributed by atoms with Gasteiger partial charge in [-0.25, -0.2) is 18.5 Å². The second kappa shape index (κ2) is 4.52. The number of fused-ring (bicyclic) bond motifs is 5. The van der Waals surface area contributed by atoms with Gasteiger partial charge in [0.15, 0.2) is 0 Å². The van der Waals surface area contributed by atoms with Gasteiger partial charge >= 0.3 is 0 Å². The fourth-order valence-corrected chi connectivity index (χ4v) is 4.68. The Hall–Kier alpha value is -1.99. The van der Waals surface area contributed by atoms with Crippen molar-refractivity contribution in [2.75, 3.05) is 4.90 Å². The highest BCUT2D eigenvalue weighted by Crippen LogP contribution is 2.53. The van der Waals surface area contributed by atoms with Crippen molar-refractivity contribution >= 4 is 27.5 Å². The molecule has 0 aromatic heterocycles. The number of carbonyl (C=O) groups is 2. The van der Waals surface area contributed by atoms with Gasteiger partial charge in [-0.3, -0.25) is 9.59 Å². The van der Waals surface area contributed by atoms with Crippen molar-refractivity contribution < 1.29 is 18.0 Å². The molecule has 4 atom stereocenters. The van der Waals surface area contributed by atoms with Crippen molar-refractivity contribution in [1.82, 2.24) is 0 Å². The van der Waals surface area contributed by atoms with Crippen molar-refractivity contribution in [3.63, 3.8) is 0 Å². The second-order valence-corrected chi connectivity index (χ2v) is 8.07. The molecule has 1 saturated carbocycles. The Morgan fingerprint density at radius 3 is 2.17 bits per heavy atom. The van der Waals surface area contributed by atoms with Crippen LogP contribution in [0.15, 0.2) is 35.2 Å². The molecule has 0 spiro atoms. The summed E-state index contributed by atoms with van der Waals surface area (Å²) in [5.74, 6) is -0.843. The molecule has 1 heterocycles. The highest BCUT2D eigenvalue weighted by atomic mass is 32.2. The van der Waals surface area contributed by atoms with E-state index in [0.29, 0.717) is 11.3 Å². The minimum absolute atomic E-state index is 0.100. The largest absolute Gasteiger partial charge is 0.274 e. The number of anilines is 1. The molecule has 7 heteroatoms. The van der Waals surface area contributed by atoms with E-state index in [0.717, 1.165) is 11.3 Å². The van der Waals surface area contributed by atoms with Gasteiger partial charge in [-0.15, -0.1) is 0 Å². The summed E-state index contributed by atoms with van der Waals surface area (Å²) in [5, 5.41) is 5.16. The summed E-state index contributed by atoms with van der Waals surface area (Å²) in [6.07, 6.45) is 4.90. The molecule has 120 valence electrons. The molecule has 3 aliphatic rings. The number of benzene rings is 1. The number of sulfonamides is 1. The topological polar surface area (TPSA) is 97.5 Å². The molecule has 2 bridgehead atoms. The lowest BCUT2D eigenvalue weighted by Crippen LogP contribution is -2.33. The maximum absolute atomic E-state index is 12.8. The van der Waals surface area contributed by atoms with Crippen LogP contribution in [-0.2, 0) is 19.6 Å². The quantitative estimate of drug-likeness (QED) is 0.644. The van der Waals surface area contributed by atoms with Crippen molar-refractivity contribution in [3.8, 4) is 0 Å². The number of hydrogen-bond donors (Lipinski definition) is 1. The molecule has 2 aliphatic carbocycles. The molecule has 0 unspecified atom stereocenters. The van der Waals surface area contributed by atoms with Crippen molar-refractivity contribution in [1.29, 1.82) is 0 Å². The number of amides is 2. The Kier molecular flexibility index (Phi) is 2.87. The zero-order valence-electron chi connectivity index (χ0n) is 12.5. The molecule has 0 radical (unpaired) electrons. The van der Waals surface area contributed by atoms with E-state index < -0.39 is 10.0 Å². The molecule has 1 aromatic rings. The van der Waals surface area contributed by atoms with Crippen LogP contribution in [0.1, 0.15) is 12.0 Å². The summed E-state index contributed by atoms with van der Waals surface area (Å²) in [5.41, 5.74) is 0.986. The fraction of sp³-hybridized carbons (Fsp3) is 0.375. The normalized spacial score (nSPS) is 32.0. The summed E-state index contributed by atoms with van der Waals surface area (Å²) in [6, 6.07) is 4.26. The van der Waals surface area contributed by atoms with E-state index in [4.69, 9.17) is 5.14 Å². The van der Waals surface area contributed by atoms with E-state index >= 15 is 0 Å². The summed E-state index contributed by atoms with van der Waals surface area (Å²) in [6.45, 7) is 1.74. The Morgan fingerprint density at radius 1 is 1.09 bits per heavy atom. The van der Waals surface area contributed by atoms with Gasteiger partial charge in [-0.1, -0.05) is 18.2 Å². The fourth-order valence-electron chi connectivity index (χ4n) is 4.15. The van der Waals surface area contributed by atoms with Gasteiger partial charge in [0, 0.05) is 0 Å². The van der Waals surface area contributed by atoms with Gasteiger partial charge in [0.05, 0.1) is 22.4 Å². The van der Waals surface area contributed by atoms with Crippen LogP contribution in [0.3, 0.4) is 0 Å². The number of nitrogens with zero attached hydrogens (tertiary/aromatic N) is 1. The smallest absolute Gasteiger partial charge is 0.238 e. The molecule has 1 aromatic carbocycles. The van der Waals surface area contributed by atoms with Crippen molar-refractivity contribution in [2.24, 2.45) is 28.8 Å². The number of rotatable bonds is 2. The summed E-state index contributed by atoms with van der Waals surface area (Å²) in [4.78, 5) is 26.6. The number of allylic oxidation sites excluding steroid dienone is 2. The monoisotopic (exact) mass is 332 g/mol. The zero-order chi connectivity index (χ0) is 16.5. The number of imide groups is 1. The molecule has 2 N–H and O–H groups in total. The Labute approximate surface area is 134 Å². The number of nitrogens with two attached hydrogens (primary N) is 1. The molecule has 2 amide bonds. The molecular weight excluding hydrogens is 316 g/mol. The highest BCUT2D eigenvalue weighted by molar-refractivity contribution is 7.89. The molecule has 4 rings (SSSR count). The maximum atomic E-state index is 12.8. The average Bonchev–Trinajstić information content (AvgIpc) is 3.13. The Balaban J connectivity index is 1.81. The number of aryl methyl sites for hydroxylation is 1. The van der Waals surface area contributed by atoms with Crippen LogP contribution in [0.4, 0.5) is 5.69 Å². The van der Waals surface area contributed by atoms with Gasteiger partial charge in [0.2, 0.25) is 21.8 Å². The lowest BCUT2D eigenvalue weighted by Gasteiger charge is -2.20. The van der Waals surface area contributed by atoms with E-state index in [-0.39, 0.29) is 40.4 Å². The molecule has 1 saturated heterocycles. The summed E-state index contributed by atoms with van der Waals surface area (Å²) in [7, 11) is -3.90. The Morgan fingerprint density at radius 2 is 1.65 bits per heavy atom. The minimum atomic E-state index is -3.90. The van der Waals surface area contributed by atoms with Crippen LogP contribution in [0.25, 0.3) is 0 Å². The molecular formula is C16H16N2O4S. The first-order valence-electron chi connectivity index (χ1n) is 7.48. The van der Waals surface area contributed by atoms with Crippen LogP contribution in [-0.4, -0.2) is 20.2 Å². The average molecular weight is 332 g/mol. The Bertz CT molecular complexity index is 844. The summed E-state index contributed by atoms with van der Waals surface area (Å²) >= 11 is 0. The molecule has 6 nitrogen and oxygen atoms in total. The third kappa shape index (κ3) is 1.93. The van der Waals surface area contributed by atoms with Crippen molar-refractivity contribution in [2.45, 2.75) is 18.2 Å². The predicted octanol–water partition coefficient (Wildman–Crippen LogP) is 0.954. The first kappa shape index (κ1) is 14.6. The van der Waals surface area contributed by atoms with Gasteiger partial charge in [-0.2, -0.15) is 0 Å². The third-order valence-corrected chi connectivity index (χ3v) is 6.13. The number of primary sulfonamides is 1. The second-order valence-electron chi connectivity index (χ2n) is 6.51. The summed E-state index contributed by atoms with van der Waals surface area (Å²) < 4.78 is 23.1.